The maximum Gasteiger partial charge on any atom is 0.116 e. The van der Waals surface area contributed by atoms with Crippen molar-refractivity contribution in [3.05, 3.63) is 23.3 Å². The lowest BCUT2D eigenvalue weighted by molar-refractivity contribution is 0.687. The molecule has 0 aliphatic rings. The highest BCUT2D eigenvalue weighted by atomic mass is 32.2. The summed E-state index contributed by atoms with van der Waals surface area (Å²) < 4.78 is 14.3. The molecular formula is C10H16N2OS. The molecule has 0 spiro atoms. The second-order valence-electron chi connectivity index (χ2n) is 3.21. The van der Waals surface area contributed by atoms with Gasteiger partial charge in [0.15, 0.2) is 0 Å². The Hall–Kier alpha value is -1.03. The van der Waals surface area contributed by atoms with Gasteiger partial charge < -0.3 is 10.5 Å². The molecule has 0 aromatic heterocycles. The van der Waals surface area contributed by atoms with Crippen LogP contribution in [0.4, 0.5) is 11.4 Å². The molecule has 1 aromatic rings. The molecule has 0 radical (unpaired) electrons. The third kappa shape index (κ3) is 2.26. The van der Waals surface area contributed by atoms with Gasteiger partial charge in [-0.05, 0) is 31.0 Å². The van der Waals surface area contributed by atoms with Crippen molar-refractivity contribution < 1.29 is 4.21 Å². The van der Waals surface area contributed by atoms with Crippen LogP contribution in [0.25, 0.3) is 0 Å². The average Bonchev–Trinajstić information content (AvgIpc) is 2.18. The van der Waals surface area contributed by atoms with Crippen LogP contribution in [0.2, 0.25) is 0 Å². The maximum absolute atomic E-state index is 11.3. The fourth-order valence-corrected chi connectivity index (χ4v) is 1.80. The van der Waals surface area contributed by atoms with Gasteiger partial charge in [0.1, 0.15) is 11.0 Å². The number of hydrogen-bond donors (Lipinski definition) is 2. The fourth-order valence-electron chi connectivity index (χ4n) is 1.16. The maximum atomic E-state index is 11.3. The number of aryl methyl sites for hydroxylation is 1. The molecule has 0 amide bonds. The van der Waals surface area contributed by atoms with Crippen LogP contribution in [0.3, 0.4) is 0 Å². The Morgan fingerprint density at radius 3 is 2.64 bits per heavy atom. The molecule has 0 aliphatic heterocycles. The molecule has 3 nitrogen and oxygen atoms in total. The van der Waals surface area contributed by atoms with Crippen LogP contribution in [0, 0.1) is 13.8 Å². The smallest absolute Gasteiger partial charge is 0.116 e. The van der Waals surface area contributed by atoms with E-state index in [4.69, 9.17) is 5.73 Å². The van der Waals surface area contributed by atoms with E-state index in [9.17, 15) is 4.21 Å². The van der Waals surface area contributed by atoms with Gasteiger partial charge in [-0.3, -0.25) is 0 Å². The number of anilines is 2. The van der Waals surface area contributed by atoms with E-state index in [2.05, 4.69) is 4.72 Å². The number of nitrogen functional groups attached to an aromatic ring is 1. The van der Waals surface area contributed by atoms with Gasteiger partial charge in [0.2, 0.25) is 0 Å². The number of benzene rings is 1. The van der Waals surface area contributed by atoms with Crippen LogP contribution in [0.1, 0.15) is 18.1 Å². The lowest BCUT2D eigenvalue weighted by atomic mass is 10.1. The lowest BCUT2D eigenvalue weighted by Gasteiger charge is -2.12. The van der Waals surface area contributed by atoms with E-state index in [1.165, 1.54) is 0 Å². The molecule has 0 fully saturated rings. The molecular weight excluding hydrogens is 196 g/mol. The lowest BCUT2D eigenvalue weighted by Crippen LogP contribution is -2.09. The zero-order valence-corrected chi connectivity index (χ0v) is 9.57. The standard InChI is InChI=1S/C10H16N2OS/c1-4-14(13)12-10-8(3)7(2)5-6-9(10)11/h5-6,12H,4,11H2,1-3H3. The van der Waals surface area contributed by atoms with Crippen molar-refractivity contribution in [2.45, 2.75) is 20.8 Å². The van der Waals surface area contributed by atoms with E-state index >= 15 is 0 Å². The summed E-state index contributed by atoms with van der Waals surface area (Å²) in [5.74, 6) is 0.576. The van der Waals surface area contributed by atoms with E-state index in [1.54, 1.807) is 0 Å². The van der Waals surface area contributed by atoms with Gasteiger partial charge in [0, 0.05) is 5.75 Å². The Labute approximate surface area is 87.3 Å². The summed E-state index contributed by atoms with van der Waals surface area (Å²) in [6.45, 7) is 5.85. The zero-order chi connectivity index (χ0) is 10.7. The molecule has 1 atom stereocenters. The second kappa shape index (κ2) is 4.46. The highest BCUT2D eigenvalue weighted by molar-refractivity contribution is 7.86. The van der Waals surface area contributed by atoms with E-state index in [0.29, 0.717) is 11.4 Å². The first-order valence-electron chi connectivity index (χ1n) is 4.57. The average molecular weight is 212 g/mol. The van der Waals surface area contributed by atoms with Crippen molar-refractivity contribution in [1.29, 1.82) is 0 Å². The van der Waals surface area contributed by atoms with E-state index in [-0.39, 0.29) is 0 Å². The van der Waals surface area contributed by atoms with E-state index in [1.807, 2.05) is 32.9 Å². The highest BCUT2D eigenvalue weighted by Gasteiger charge is 2.07. The minimum atomic E-state index is -1.04. The molecule has 14 heavy (non-hydrogen) atoms. The first kappa shape index (κ1) is 11.0. The molecule has 3 N–H and O–H groups in total. The van der Waals surface area contributed by atoms with E-state index < -0.39 is 11.0 Å². The quantitative estimate of drug-likeness (QED) is 0.753. The van der Waals surface area contributed by atoms with Crippen LogP contribution in [-0.4, -0.2) is 9.96 Å². The van der Waals surface area contributed by atoms with Crippen molar-refractivity contribution in [3.8, 4) is 0 Å². The van der Waals surface area contributed by atoms with Crippen LogP contribution >= 0.6 is 0 Å². The van der Waals surface area contributed by atoms with E-state index in [0.717, 1.165) is 16.8 Å². The molecule has 1 rings (SSSR count). The van der Waals surface area contributed by atoms with Crippen molar-refractivity contribution in [2.75, 3.05) is 16.2 Å². The Morgan fingerprint density at radius 2 is 2.07 bits per heavy atom. The topological polar surface area (TPSA) is 55.1 Å². The molecule has 0 saturated heterocycles. The predicted octanol–water partition coefficient (Wildman–Crippen LogP) is 1.98. The summed E-state index contributed by atoms with van der Waals surface area (Å²) in [7, 11) is -1.04. The molecule has 4 heteroatoms. The summed E-state index contributed by atoms with van der Waals surface area (Å²) in [6, 6.07) is 3.79. The van der Waals surface area contributed by atoms with Crippen LogP contribution in [0.15, 0.2) is 12.1 Å². The molecule has 1 aromatic carbocycles. The van der Waals surface area contributed by atoms with Crippen LogP contribution in [-0.2, 0) is 11.0 Å². The molecule has 78 valence electrons. The normalized spacial score (nSPS) is 12.5. The third-order valence-corrected chi connectivity index (χ3v) is 3.20. The first-order valence-corrected chi connectivity index (χ1v) is 5.88. The number of nitrogens with two attached hydrogens (primary N) is 1. The van der Waals surface area contributed by atoms with Gasteiger partial charge in [-0.1, -0.05) is 13.0 Å². The summed E-state index contributed by atoms with van der Waals surface area (Å²) in [5, 5.41) is 0. The van der Waals surface area contributed by atoms with Gasteiger partial charge in [0.25, 0.3) is 0 Å². The van der Waals surface area contributed by atoms with Gasteiger partial charge in [-0.2, -0.15) is 0 Å². The Bertz CT molecular complexity index is 363. The monoisotopic (exact) mass is 212 g/mol. The molecule has 0 bridgehead atoms. The largest absolute Gasteiger partial charge is 0.397 e. The first-order chi connectivity index (χ1) is 6.56. The number of hydrogen-bond acceptors (Lipinski definition) is 2. The summed E-state index contributed by atoms with van der Waals surface area (Å²) in [4.78, 5) is 0. The number of nitrogens with one attached hydrogen (secondary N) is 1. The highest BCUT2D eigenvalue weighted by Crippen LogP contribution is 2.26. The molecule has 0 heterocycles. The minimum Gasteiger partial charge on any atom is -0.397 e. The van der Waals surface area contributed by atoms with Gasteiger partial charge in [-0.15, -0.1) is 0 Å². The van der Waals surface area contributed by atoms with Gasteiger partial charge in [0.05, 0.1) is 11.4 Å². The SMILES string of the molecule is CCS(=O)Nc1c(N)ccc(C)c1C. The third-order valence-electron chi connectivity index (χ3n) is 2.25. The van der Waals surface area contributed by atoms with Gasteiger partial charge in [-0.25, -0.2) is 4.21 Å². The van der Waals surface area contributed by atoms with Crippen molar-refractivity contribution >= 4 is 22.4 Å². The zero-order valence-electron chi connectivity index (χ0n) is 8.76. The van der Waals surface area contributed by atoms with Gasteiger partial charge >= 0.3 is 0 Å². The van der Waals surface area contributed by atoms with Crippen molar-refractivity contribution in [2.24, 2.45) is 0 Å². The van der Waals surface area contributed by atoms with Crippen LogP contribution in [0.5, 0.6) is 0 Å². The van der Waals surface area contributed by atoms with Crippen molar-refractivity contribution in [3.63, 3.8) is 0 Å². The Balaban J connectivity index is 3.06. The predicted molar refractivity (Wildman–Crippen MR) is 62.6 cm³/mol. The molecule has 0 aliphatic carbocycles. The molecule has 1 unspecified atom stereocenters. The summed E-state index contributed by atoms with van der Waals surface area (Å²) in [6.07, 6.45) is 0. The number of rotatable bonds is 3. The minimum absolute atomic E-state index is 0.576. The molecule has 0 saturated carbocycles. The summed E-state index contributed by atoms with van der Waals surface area (Å²) >= 11 is 0. The fraction of sp³-hybridized carbons (Fsp3) is 0.400. The second-order valence-corrected chi connectivity index (χ2v) is 4.68. The summed E-state index contributed by atoms with van der Waals surface area (Å²) in [5.41, 5.74) is 9.45. The van der Waals surface area contributed by atoms with Crippen LogP contribution < -0.4 is 10.5 Å². The van der Waals surface area contributed by atoms with Crippen molar-refractivity contribution in [1.82, 2.24) is 0 Å². The Morgan fingerprint density at radius 1 is 1.43 bits per heavy atom. The Kier molecular flexibility index (Phi) is 3.52.